The van der Waals surface area contributed by atoms with Gasteiger partial charge in [-0.15, -0.1) is 5.10 Å². The first-order valence-electron chi connectivity index (χ1n) is 10.6. The number of pyridine rings is 1. The number of benzene rings is 1. The summed E-state index contributed by atoms with van der Waals surface area (Å²) in [6.07, 6.45) is 3.59. The predicted octanol–water partition coefficient (Wildman–Crippen LogP) is 2.26. The minimum atomic E-state index is 0.681. The molecule has 1 fully saturated rings. The molecule has 0 aliphatic carbocycles. The van der Waals surface area contributed by atoms with E-state index in [0.29, 0.717) is 6.61 Å². The Bertz CT molecular complexity index is 1020. The number of hydrogen-bond donors (Lipinski definition) is 1. The lowest BCUT2D eigenvalue weighted by Crippen LogP contribution is -3.14. The summed E-state index contributed by atoms with van der Waals surface area (Å²) >= 11 is 5.73. The molecule has 30 heavy (non-hydrogen) atoms. The molecule has 0 unspecified atom stereocenters. The van der Waals surface area contributed by atoms with Gasteiger partial charge in [0.15, 0.2) is 12.5 Å². The van der Waals surface area contributed by atoms with Crippen LogP contribution in [-0.4, -0.2) is 52.1 Å². The van der Waals surface area contributed by atoms with E-state index in [0.717, 1.165) is 61.3 Å². The highest BCUT2D eigenvalue weighted by Gasteiger charge is 2.23. The van der Waals surface area contributed by atoms with Crippen molar-refractivity contribution in [3.63, 3.8) is 0 Å². The van der Waals surface area contributed by atoms with Gasteiger partial charge in [-0.25, -0.2) is 0 Å². The number of aromatic nitrogens is 4. The van der Waals surface area contributed by atoms with E-state index in [2.05, 4.69) is 39.6 Å². The van der Waals surface area contributed by atoms with Crippen LogP contribution in [0.5, 0.6) is 5.75 Å². The van der Waals surface area contributed by atoms with E-state index in [1.807, 2.05) is 29.8 Å². The van der Waals surface area contributed by atoms with Crippen molar-refractivity contribution < 1.29 is 9.64 Å². The van der Waals surface area contributed by atoms with Crippen molar-refractivity contribution in [2.75, 3.05) is 37.7 Å². The molecule has 0 amide bonds. The van der Waals surface area contributed by atoms with Crippen molar-refractivity contribution in [2.45, 2.75) is 27.1 Å². The second kappa shape index (κ2) is 9.40. The van der Waals surface area contributed by atoms with E-state index < -0.39 is 0 Å². The van der Waals surface area contributed by atoms with Gasteiger partial charge in [0.25, 0.3) is 0 Å². The Morgan fingerprint density at radius 1 is 1.07 bits per heavy atom. The van der Waals surface area contributed by atoms with Crippen LogP contribution < -0.4 is 14.5 Å². The van der Waals surface area contributed by atoms with Gasteiger partial charge in [-0.05, 0) is 50.3 Å². The van der Waals surface area contributed by atoms with E-state index in [1.54, 1.807) is 12.4 Å². The number of nitrogens with zero attached hydrogens (tertiary/aromatic N) is 5. The molecule has 1 aliphatic rings. The van der Waals surface area contributed by atoms with E-state index in [1.165, 1.54) is 10.6 Å². The summed E-state index contributed by atoms with van der Waals surface area (Å²) in [4.78, 5) is 8.01. The minimum absolute atomic E-state index is 0.681. The minimum Gasteiger partial charge on any atom is -0.492 e. The fourth-order valence-corrected chi connectivity index (χ4v) is 4.29. The van der Waals surface area contributed by atoms with Crippen LogP contribution in [0.1, 0.15) is 13.8 Å². The number of anilines is 1. The van der Waals surface area contributed by atoms with Crippen LogP contribution in [0.2, 0.25) is 0 Å². The number of quaternary nitrogens is 1. The first kappa shape index (κ1) is 20.6. The maximum absolute atomic E-state index is 5.82. The molecule has 0 radical (unpaired) electrons. The SMILES string of the molecule is CCOc1ccccc1N1CC[NH+](Cn2nc(-c3ccncc3)n(CC)c2=S)CC1. The van der Waals surface area contributed by atoms with Crippen molar-refractivity contribution >= 4 is 17.9 Å². The molecule has 4 rings (SSSR count). The lowest BCUT2D eigenvalue weighted by molar-refractivity contribution is -0.924. The Kier molecular flexibility index (Phi) is 6.44. The molecular weight excluding hydrogens is 396 g/mol. The van der Waals surface area contributed by atoms with Crippen LogP contribution in [0.3, 0.4) is 0 Å². The molecule has 3 heterocycles. The first-order valence-corrected chi connectivity index (χ1v) is 11.0. The summed E-state index contributed by atoms with van der Waals surface area (Å²) in [7, 11) is 0. The monoisotopic (exact) mass is 425 g/mol. The summed E-state index contributed by atoms with van der Waals surface area (Å²) in [6.45, 7) is 10.4. The molecule has 7 nitrogen and oxygen atoms in total. The van der Waals surface area contributed by atoms with Gasteiger partial charge in [-0.1, -0.05) is 12.1 Å². The molecule has 3 aromatic rings. The molecule has 0 bridgehead atoms. The second-order valence-corrected chi connectivity index (χ2v) is 7.75. The normalized spacial score (nSPS) is 14.8. The lowest BCUT2D eigenvalue weighted by atomic mass is 10.2. The number of piperazine rings is 1. The highest BCUT2D eigenvalue weighted by Crippen LogP contribution is 2.27. The zero-order valence-corrected chi connectivity index (χ0v) is 18.4. The summed E-state index contributed by atoms with van der Waals surface area (Å²) in [5, 5.41) is 4.85. The molecule has 0 atom stereocenters. The zero-order chi connectivity index (χ0) is 20.9. The molecule has 1 N–H and O–H groups in total. The van der Waals surface area contributed by atoms with Crippen LogP contribution in [0.15, 0.2) is 48.8 Å². The first-order chi connectivity index (χ1) is 14.7. The van der Waals surface area contributed by atoms with Crippen molar-refractivity contribution in [3.05, 3.63) is 53.6 Å². The molecule has 1 aromatic carbocycles. The number of rotatable bonds is 7. The van der Waals surface area contributed by atoms with Crippen LogP contribution >= 0.6 is 12.2 Å². The highest BCUT2D eigenvalue weighted by molar-refractivity contribution is 7.71. The topological polar surface area (TPSA) is 52.6 Å². The van der Waals surface area contributed by atoms with E-state index in [-0.39, 0.29) is 0 Å². The van der Waals surface area contributed by atoms with Crippen LogP contribution in [0, 0.1) is 4.77 Å². The van der Waals surface area contributed by atoms with Crippen LogP contribution in [0.4, 0.5) is 5.69 Å². The Balaban J connectivity index is 1.46. The largest absolute Gasteiger partial charge is 0.492 e. The van der Waals surface area contributed by atoms with Gasteiger partial charge in [0, 0.05) is 24.5 Å². The molecule has 1 aliphatic heterocycles. The average molecular weight is 426 g/mol. The number of nitrogens with one attached hydrogen (secondary N) is 1. The number of ether oxygens (including phenoxy) is 1. The Hall–Kier alpha value is -2.71. The van der Waals surface area contributed by atoms with Crippen molar-refractivity contribution in [3.8, 4) is 17.1 Å². The van der Waals surface area contributed by atoms with Crippen molar-refractivity contribution in [1.82, 2.24) is 19.3 Å². The van der Waals surface area contributed by atoms with E-state index >= 15 is 0 Å². The molecule has 8 heteroatoms. The van der Waals surface area contributed by atoms with E-state index in [9.17, 15) is 0 Å². The Morgan fingerprint density at radius 2 is 1.80 bits per heavy atom. The highest BCUT2D eigenvalue weighted by atomic mass is 32.1. The molecule has 0 spiro atoms. The maximum Gasteiger partial charge on any atom is 0.203 e. The van der Waals surface area contributed by atoms with Crippen molar-refractivity contribution in [2.24, 2.45) is 0 Å². The lowest BCUT2D eigenvalue weighted by Gasteiger charge is -2.34. The predicted molar refractivity (Wildman–Crippen MR) is 120 cm³/mol. The molecule has 158 valence electrons. The van der Waals surface area contributed by atoms with Gasteiger partial charge < -0.3 is 19.1 Å². The molecule has 2 aromatic heterocycles. The molecule has 0 saturated carbocycles. The van der Waals surface area contributed by atoms with Crippen molar-refractivity contribution in [1.29, 1.82) is 0 Å². The molecule has 1 saturated heterocycles. The maximum atomic E-state index is 5.82. The third-order valence-corrected chi connectivity index (χ3v) is 5.96. The number of para-hydroxylation sites is 2. The number of hydrogen-bond acceptors (Lipinski definition) is 5. The summed E-state index contributed by atoms with van der Waals surface area (Å²) in [5.41, 5.74) is 2.23. The zero-order valence-electron chi connectivity index (χ0n) is 17.6. The van der Waals surface area contributed by atoms with Gasteiger partial charge in [0.1, 0.15) is 5.75 Å². The van der Waals surface area contributed by atoms with Crippen LogP contribution in [-0.2, 0) is 13.2 Å². The fourth-order valence-electron chi connectivity index (χ4n) is 3.97. The van der Waals surface area contributed by atoms with Gasteiger partial charge in [-0.2, -0.15) is 4.68 Å². The Morgan fingerprint density at radius 3 is 2.50 bits per heavy atom. The fraction of sp³-hybridized carbons (Fsp3) is 0.409. The molecular formula is C22H29N6OS+. The van der Waals surface area contributed by atoms with Gasteiger partial charge in [-0.3, -0.25) is 4.98 Å². The smallest absolute Gasteiger partial charge is 0.203 e. The van der Waals surface area contributed by atoms with E-state index in [4.69, 9.17) is 22.1 Å². The summed E-state index contributed by atoms with van der Waals surface area (Å²) < 4.78 is 10.7. The second-order valence-electron chi connectivity index (χ2n) is 7.38. The third kappa shape index (κ3) is 4.24. The van der Waals surface area contributed by atoms with Gasteiger partial charge in [0.05, 0.1) is 38.5 Å². The summed E-state index contributed by atoms with van der Waals surface area (Å²) in [6, 6.07) is 12.3. The standard InChI is InChI=1S/C22H28N6OS/c1-3-27-21(18-9-11-23-12-10-18)24-28(22(27)30)17-25-13-15-26(16-14-25)19-7-5-6-8-20(19)29-4-2/h5-12H,3-4,13-17H2,1-2H3/p+1. The van der Waals surface area contributed by atoms with Gasteiger partial charge in [0.2, 0.25) is 4.77 Å². The average Bonchev–Trinajstić information content (AvgIpc) is 3.11. The van der Waals surface area contributed by atoms with Crippen LogP contribution in [0.25, 0.3) is 11.4 Å². The summed E-state index contributed by atoms with van der Waals surface area (Å²) in [5.74, 6) is 1.88. The Labute approximate surface area is 182 Å². The van der Waals surface area contributed by atoms with Gasteiger partial charge >= 0.3 is 0 Å². The third-order valence-electron chi connectivity index (χ3n) is 5.53. The quantitative estimate of drug-likeness (QED) is 0.589.